The first-order valence-corrected chi connectivity index (χ1v) is 44.0. The lowest BCUT2D eigenvalue weighted by atomic mass is 9.93. The number of aliphatic hydroxyl groups excluding tert-OH is 17. The number of carbonyl (C=O) groups excluding carboxylic acids is 4. The van der Waals surface area contributed by atoms with Crippen LogP contribution in [0.15, 0.2) is 12.2 Å². The summed E-state index contributed by atoms with van der Waals surface area (Å²) < 4.78 is 72.8. The van der Waals surface area contributed by atoms with Crippen LogP contribution in [0.3, 0.4) is 0 Å². The van der Waals surface area contributed by atoms with E-state index in [0.717, 1.165) is 72.1 Å². The van der Waals surface area contributed by atoms with Crippen LogP contribution < -0.4 is 21.3 Å². The van der Waals surface area contributed by atoms with Gasteiger partial charge in [-0.2, -0.15) is 0 Å². The molecule has 6 saturated heterocycles. The van der Waals surface area contributed by atoms with Crippen LogP contribution >= 0.6 is 0 Å². The highest BCUT2D eigenvalue weighted by atomic mass is 16.8. The van der Waals surface area contributed by atoms with E-state index < -0.39 is 260 Å². The second-order valence-electron chi connectivity index (χ2n) is 32.8. The van der Waals surface area contributed by atoms with E-state index in [9.17, 15) is 106 Å². The van der Waals surface area contributed by atoms with Crippen LogP contribution in [0.4, 0.5) is 0 Å². The van der Waals surface area contributed by atoms with Crippen LogP contribution in [0.2, 0.25) is 0 Å². The highest BCUT2D eigenvalue weighted by molar-refractivity contribution is 5.76. The zero-order valence-corrected chi connectivity index (χ0v) is 70.3. The van der Waals surface area contributed by atoms with Gasteiger partial charge in [0.1, 0.15) is 146 Å². The van der Waals surface area contributed by atoms with E-state index in [1.807, 2.05) is 6.08 Å². The molecule has 0 aromatic carbocycles. The summed E-state index contributed by atoms with van der Waals surface area (Å²) in [5.41, 5.74) is 0. The lowest BCUT2D eigenvalue weighted by molar-refractivity contribution is -0.398. The van der Waals surface area contributed by atoms with Crippen molar-refractivity contribution in [3.05, 3.63) is 12.2 Å². The van der Waals surface area contributed by atoms with E-state index in [2.05, 4.69) is 35.1 Å². The minimum Gasteiger partial charge on any atom is -0.394 e. The molecule has 0 aromatic rings. The largest absolute Gasteiger partial charge is 0.394 e. The number of hydrogen-bond donors (Lipinski definition) is 21. The summed E-state index contributed by atoms with van der Waals surface area (Å²) in [6.45, 7) is 0.885. The molecule has 119 heavy (non-hydrogen) atoms. The van der Waals surface area contributed by atoms with Crippen molar-refractivity contribution >= 4 is 23.6 Å². The third-order valence-electron chi connectivity index (χ3n) is 23.1. The Bertz CT molecular complexity index is 2800. The number of rotatable bonds is 57. The molecule has 0 bridgehead atoms. The zero-order chi connectivity index (χ0) is 87.1. The van der Waals surface area contributed by atoms with Gasteiger partial charge in [0.05, 0.1) is 58.4 Å². The van der Waals surface area contributed by atoms with E-state index in [4.69, 9.17) is 56.8 Å². The third kappa shape index (κ3) is 33.0. The molecule has 0 aliphatic carbocycles. The summed E-state index contributed by atoms with van der Waals surface area (Å²) in [5.74, 6) is -2.85. The van der Waals surface area contributed by atoms with Gasteiger partial charge in [-0.1, -0.05) is 206 Å². The van der Waals surface area contributed by atoms with Gasteiger partial charge in [-0.3, -0.25) is 19.2 Å². The topological polar surface area (TPSA) is 571 Å². The van der Waals surface area contributed by atoms with Crippen LogP contribution in [0.5, 0.6) is 0 Å². The van der Waals surface area contributed by atoms with E-state index in [1.165, 1.54) is 135 Å². The summed E-state index contributed by atoms with van der Waals surface area (Å²) in [5, 5.41) is 202. The molecule has 6 aliphatic rings. The fourth-order valence-electron chi connectivity index (χ4n) is 16.2. The Balaban J connectivity index is 1.14. The molecular weight excluding hydrogens is 1570 g/mol. The summed E-state index contributed by atoms with van der Waals surface area (Å²) in [4.78, 5) is 51.9. The second kappa shape index (κ2) is 56.5. The van der Waals surface area contributed by atoms with Crippen molar-refractivity contribution in [3.63, 3.8) is 0 Å². The average Bonchev–Trinajstić information content (AvgIpc) is 0.761. The Kier molecular flexibility index (Phi) is 49.5. The van der Waals surface area contributed by atoms with E-state index in [-0.39, 0.29) is 12.3 Å². The van der Waals surface area contributed by atoms with Gasteiger partial charge in [0.25, 0.3) is 0 Å². The molecule has 0 radical (unpaired) electrons. The molecule has 6 rings (SSSR count). The molecule has 694 valence electrons. The molecule has 6 aliphatic heterocycles. The van der Waals surface area contributed by atoms with Crippen molar-refractivity contribution in [3.8, 4) is 0 Å². The zero-order valence-electron chi connectivity index (χ0n) is 70.3. The minimum atomic E-state index is -2.40. The molecular formula is C82H148N4O33. The first-order valence-electron chi connectivity index (χ1n) is 44.0. The molecule has 37 nitrogen and oxygen atoms in total. The number of carbonyl (C=O) groups is 4. The van der Waals surface area contributed by atoms with Gasteiger partial charge in [0.2, 0.25) is 23.6 Å². The van der Waals surface area contributed by atoms with Crippen LogP contribution in [-0.4, -0.2) is 353 Å². The van der Waals surface area contributed by atoms with Gasteiger partial charge in [0.15, 0.2) is 37.7 Å². The molecule has 32 atom stereocenters. The van der Waals surface area contributed by atoms with Crippen LogP contribution in [-0.2, 0) is 76.0 Å². The number of nitrogens with one attached hydrogen (secondary N) is 4. The summed E-state index contributed by atoms with van der Waals surface area (Å²) >= 11 is 0. The Labute approximate surface area is 699 Å². The minimum absolute atomic E-state index is 0.168. The first-order chi connectivity index (χ1) is 57.2. The molecule has 6 heterocycles. The number of ether oxygens (including phenoxy) is 12. The van der Waals surface area contributed by atoms with Gasteiger partial charge in [-0.05, 0) is 19.3 Å². The Morgan fingerprint density at radius 3 is 1.04 bits per heavy atom. The van der Waals surface area contributed by atoms with E-state index >= 15 is 0 Å². The first kappa shape index (κ1) is 104. The van der Waals surface area contributed by atoms with E-state index in [0.29, 0.717) is 12.8 Å². The van der Waals surface area contributed by atoms with Crippen molar-refractivity contribution < 1.29 is 163 Å². The second-order valence-corrected chi connectivity index (χ2v) is 32.8. The van der Waals surface area contributed by atoms with Gasteiger partial charge < -0.3 is 165 Å². The standard InChI is InChI=1S/C82H148N4O33/c1-6-8-10-12-14-16-18-20-21-22-23-24-25-27-29-31-33-35-37-39-58(97)86-50(51(96)38-36-34-32-30-28-26-19-17-15-13-11-9-7-2)46-108-80-69(105)67(103)72(55(43-90)112-80)115-81-70(106)68(104)73(56(44-91)113-81)116-82-71(107)76(74(57(45-92)114-82)117-77-59(83-47(3)93)65(101)62(98)52(40-87)109-77)119-79-61(85-49(5)95)75(64(100)54(42-89)111-79)118-78-60(84-48(4)94)66(102)63(99)53(41-88)110-78/h36,38,50-57,59-82,87-92,96,98-107H,6-35,37,39-46H2,1-5H3,(H,83,93)(H,84,94)(H,85,95)(H,86,97)/b38-36+/t50-,51+,52?,53?,54?,55?,56?,57?,59?,60?,61?,62-,63-,64-,65+,66+,67+,68+,69?,70?,71?,72+,73-,74-,75+,76+,77-,78+,79-,80+,81-,82-/m0/s1. The predicted octanol–water partition coefficient (Wildman–Crippen LogP) is -0.720. The highest BCUT2D eigenvalue weighted by Crippen LogP contribution is 2.39. The maximum atomic E-state index is 13.6. The predicted molar refractivity (Wildman–Crippen MR) is 424 cm³/mol. The summed E-state index contributed by atoms with van der Waals surface area (Å²) in [6, 6.07) is -6.34. The number of unbranched alkanes of at least 4 members (excludes halogenated alkanes) is 29. The Morgan fingerprint density at radius 2 is 0.639 bits per heavy atom. The molecule has 6 fully saturated rings. The van der Waals surface area contributed by atoms with Crippen LogP contribution in [0.25, 0.3) is 0 Å². The van der Waals surface area contributed by atoms with Gasteiger partial charge in [-0.15, -0.1) is 0 Å². The number of amides is 4. The quantitative estimate of drug-likeness (QED) is 0.0264. The van der Waals surface area contributed by atoms with Crippen LogP contribution in [0.1, 0.15) is 240 Å². The fraction of sp³-hybridized carbons (Fsp3) is 0.927. The van der Waals surface area contributed by atoms with Gasteiger partial charge in [-0.25, -0.2) is 0 Å². The molecule has 12 unspecified atom stereocenters. The summed E-state index contributed by atoms with van der Waals surface area (Å²) in [7, 11) is 0. The molecule has 0 saturated carbocycles. The maximum Gasteiger partial charge on any atom is 0.220 e. The number of aliphatic hydroxyl groups is 17. The smallest absolute Gasteiger partial charge is 0.220 e. The Hall–Kier alpha value is -3.54. The SMILES string of the molecule is CCCCCCCCCCCCC/C=C/[C@@H](O)[C@H](CO[C@@H]1OC(CO)[C@@H](O[C@@H]2OC(CO)[C@H](O[C@@H]3OC(CO)[C@H](O[C@@H]4OC(CO)[C@H](O)[C@H](O)C4NC(C)=O)[C@H](O[C@@H]4OC(CO)[C@H](O)[C@H](O[C@H]5OC(CO)[C@H](O)[C@H](O)C5NC(C)=O)C4NC(C)=O)C3O)[C@H](O)C2O)[C@H](O)C1O)NC(=O)CCCCCCCCCCCCCCCCCCCCC. The molecule has 4 amide bonds. The Morgan fingerprint density at radius 1 is 0.328 bits per heavy atom. The van der Waals surface area contributed by atoms with Crippen molar-refractivity contribution in [1.82, 2.24) is 21.3 Å². The lowest BCUT2D eigenvalue weighted by Gasteiger charge is -2.52. The fourth-order valence-corrected chi connectivity index (χ4v) is 16.2. The van der Waals surface area contributed by atoms with Gasteiger partial charge >= 0.3 is 0 Å². The monoisotopic (exact) mass is 1720 g/mol. The van der Waals surface area contributed by atoms with Crippen molar-refractivity contribution in [2.75, 3.05) is 46.2 Å². The normalized spacial score (nSPS) is 35.6. The van der Waals surface area contributed by atoms with Crippen LogP contribution in [0, 0.1) is 0 Å². The lowest BCUT2D eigenvalue weighted by Crippen LogP contribution is -2.72. The van der Waals surface area contributed by atoms with Crippen molar-refractivity contribution in [2.24, 2.45) is 0 Å². The average molecular weight is 1720 g/mol. The molecule has 0 aromatic heterocycles. The molecule has 0 spiro atoms. The van der Waals surface area contributed by atoms with Gasteiger partial charge in [0, 0.05) is 27.2 Å². The van der Waals surface area contributed by atoms with Crippen molar-refractivity contribution in [2.45, 2.75) is 436 Å². The van der Waals surface area contributed by atoms with Crippen molar-refractivity contribution in [1.29, 1.82) is 0 Å². The summed E-state index contributed by atoms with van der Waals surface area (Å²) in [6.07, 6.45) is -14.4. The highest BCUT2D eigenvalue weighted by Gasteiger charge is 2.59. The van der Waals surface area contributed by atoms with E-state index in [1.54, 1.807) is 6.08 Å². The third-order valence-corrected chi connectivity index (χ3v) is 23.1. The number of hydrogen-bond acceptors (Lipinski definition) is 33. The number of allylic oxidation sites excluding steroid dienone is 1. The maximum absolute atomic E-state index is 13.6. The molecule has 37 heteroatoms. The molecule has 21 N–H and O–H groups in total.